The molecule has 3 heterocycles. The lowest BCUT2D eigenvalue weighted by molar-refractivity contribution is 0.0875. The van der Waals surface area contributed by atoms with Crippen molar-refractivity contribution in [2.45, 2.75) is 18.9 Å². The highest BCUT2D eigenvalue weighted by Gasteiger charge is 2.16. The lowest BCUT2D eigenvalue weighted by Crippen LogP contribution is -2.30. The molecular weight excluding hydrogens is 232 g/mol. The summed E-state index contributed by atoms with van der Waals surface area (Å²) in [6, 6.07) is 0.302. The Morgan fingerprint density at radius 2 is 2.39 bits per heavy atom. The van der Waals surface area contributed by atoms with Crippen molar-refractivity contribution in [3.8, 4) is 0 Å². The van der Waals surface area contributed by atoms with E-state index in [1.54, 1.807) is 13.2 Å². The molecule has 0 aliphatic carbocycles. The van der Waals surface area contributed by atoms with Crippen LogP contribution in [0.2, 0.25) is 0 Å². The number of fused-ring (bicyclic) bond motifs is 1. The van der Waals surface area contributed by atoms with E-state index >= 15 is 0 Å². The summed E-state index contributed by atoms with van der Waals surface area (Å²) in [4.78, 5) is 8.73. The number of nitrogens with one attached hydrogen (secondary N) is 3. The van der Waals surface area contributed by atoms with Gasteiger partial charge in [0.1, 0.15) is 5.82 Å². The zero-order valence-electron chi connectivity index (χ0n) is 10.2. The van der Waals surface area contributed by atoms with Crippen LogP contribution < -0.4 is 10.6 Å². The fourth-order valence-corrected chi connectivity index (χ4v) is 2.10. The van der Waals surface area contributed by atoms with Crippen molar-refractivity contribution in [1.29, 1.82) is 0 Å². The van der Waals surface area contributed by atoms with Crippen LogP contribution >= 0.6 is 0 Å². The van der Waals surface area contributed by atoms with Crippen molar-refractivity contribution in [2.75, 3.05) is 30.9 Å². The van der Waals surface area contributed by atoms with E-state index in [-0.39, 0.29) is 0 Å². The van der Waals surface area contributed by atoms with E-state index in [1.165, 1.54) is 0 Å². The van der Waals surface area contributed by atoms with Crippen LogP contribution in [0.5, 0.6) is 0 Å². The monoisotopic (exact) mass is 248 g/mol. The van der Waals surface area contributed by atoms with Crippen molar-refractivity contribution in [2.24, 2.45) is 0 Å². The van der Waals surface area contributed by atoms with Crippen molar-refractivity contribution >= 4 is 22.8 Å². The van der Waals surface area contributed by atoms with Gasteiger partial charge in [0.2, 0.25) is 5.95 Å². The second-order valence-corrected chi connectivity index (χ2v) is 4.34. The Labute approximate surface area is 104 Å². The number of hydrogen-bond acceptors (Lipinski definition) is 6. The Kier molecular flexibility index (Phi) is 2.97. The molecule has 7 heteroatoms. The first-order valence-electron chi connectivity index (χ1n) is 6.10. The average molecular weight is 248 g/mol. The first kappa shape index (κ1) is 11.2. The molecule has 1 atom stereocenters. The molecule has 3 rings (SSSR count). The van der Waals surface area contributed by atoms with Gasteiger partial charge >= 0.3 is 0 Å². The van der Waals surface area contributed by atoms with Gasteiger partial charge in [-0.15, -0.1) is 0 Å². The van der Waals surface area contributed by atoms with Crippen LogP contribution in [0.4, 0.5) is 11.8 Å². The van der Waals surface area contributed by atoms with Crippen LogP contribution in [0.3, 0.4) is 0 Å². The van der Waals surface area contributed by atoms with Crippen molar-refractivity contribution in [3.05, 3.63) is 6.20 Å². The molecular formula is C11H16N6O. The SMILES string of the molecule is CNc1nc(NC2CCCOC2)c2cn[nH]c2n1. The fraction of sp³-hybridized carbons (Fsp3) is 0.545. The zero-order chi connectivity index (χ0) is 12.4. The number of aromatic nitrogens is 4. The maximum atomic E-state index is 5.46. The molecule has 2 aromatic heterocycles. The normalized spacial score (nSPS) is 19.9. The van der Waals surface area contributed by atoms with E-state index in [1.807, 2.05) is 0 Å². The molecule has 18 heavy (non-hydrogen) atoms. The Balaban J connectivity index is 1.91. The molecule has 0 bridgehead atoms. The van der Waals surface area contributed by atoms with Gasteiger partial charge in [-0.2, -0.15) is 15.1 Å². The summed E-state index contributed by atoms with van der Waals surface area (Å²) in [6.07, 6.45) is 3.91. The van der Waals surface area contributed by atoms with Crippen LogP contribution in [-0.2, 0) is 4.74 Å². The van der Waals surface area contributed by atoms with E-state index < -0.39 is 0 Å². The molecule has 1 aliphatic heterocycles. The van der Waals surface area contributed by atoms with Gasteiger partial charge < -0.3 is 15.4 Å². The number of H-pyrrole nitrogens is 1. The average Bonchev–Trinajstić information content (AvgIpc) is 2.88. The third kappa shape index (κ3) is 2.08. The molecule has 1 aliphatic rings. The Morgan fingerprint density at radius 1 is 1.44 bits per heavy atom. The first-order valence-corrected chi connectivity index (χ1v) is 6.10. The number of aromatic amines is 1. The molecule has 1 saturated heterocycles. The molecule has 0 aromatic carbocycles. The number of ether oxygens (including phenoxy) is 1. The minimum absolute atomic E-state index is 0.302. The van der Waals surface area contributed by atoms with Crippen molar-refractivity contribution in [1.82, 2.24) is 20.2 Å². The van der Waals surface area contributed by atoms with Gasteiger partial charge in [-0.1, -0.05) is 0 Å². The molecule has 3 N–H and O–H groups in total. The largest absolute Gasteiger partial charge is 0.379 e. The summed E-state index contributed by atoms with van der Waals surface area (Å²) in [5.41, 5.74) is 0.730. The summed E-state index contributed by atoms with van der Waals surface area (Å²) < 4.78 is 5.46. The number of anilines is 2. The highest BCUT2D eigenvalue weighted by atomic mass is 16.5. The van der Waals surface area contributed by atoms with Gasteiger partial charge in [0.05, 0.1) is 24.2 Å². The smallest absolute Gasteiger partial charge is 0.226 e. The molecule has 96 valence electrons. The minimum atomic E-state index is 0.302. The number of nitrogens with zero attached hydrogens (tertiary/aromatic N) is 3. The highest BCUT2D eigenvalue weighted by Crippen LogP contribution is 2.22. The molecule has 1 fully saturated rings. The first-order chi connectivity index (χ1) is 8.86. The summed E-state index contributed by atoms with van der Waals surface area (Å²) in [5, 5.41) is 14.1. The highest BCUT2D eigenvalue weighted by molar-refractivity contribution is 5.87. The van der Waals surface area contributed by atoms with Gasteiger partial charge in [-0.05, 0) is 12.8 Å². The van der Waals surface area contributed by atoms with Crippen LogP contribution in [0.15, 0.2) is 6.20 Å². The van der Waals surface area contributed by atoms with Gasteiger partial charge in [-0.25, -0.2) is 0 Å². The Bertz CT molecular complexity index is 533. The maximum absolute atomic E-state index is 5.46. The van der Waals surface area contributed by atoms with E-state index in [9.17, 15) is 0 Å². The maximum Gasteiger partial charge on any atom is 0.226 e. The molecule has 0 saturated carbocycles. The molecule has 0 spiro atoms. The van der Waals surface area contributed by atoms with Crippen molar-refractivity contribution < 1.29 is 4.74 Å². The number of rotatable bonds is 3. The lowest BCUT2D eigenvalue weighted by Gasteiger charge is -2.23. The molecule has 7 nitrogen and oxygen atoms in total. The lowest BCUT2D eigenvalue weighted by atomic mass is 10.1. The quantitative estimate of drug-likeness (QED) is 0.750. The van der Waals surface area contributed by atoms with Crippen LogP contribution in [0.1, 0.15) is 12.8 Å². The summed E-state index contributed by atoms with van der Waals surface area (Å²) >= 11 is 0. The summed E-state index contributed by atoms with van der Waals surface area (Å²) in [7, 11) is 1.80. The third-order valence-electron chi connectivity index (χ3n) is 3.03. The standard InChI is InChI=1S/C11H16N6O/c1-12-11-15-9(8-5-13-17-10(8)16-11)14-7-3-2-4-18-6-7/h5,7H,2-4,6H2,1H3,(H3,12,13,14,15,16,17). The molecule has 0 amide bonds. The van der Waals surface area contributed by atoms with Crippen molar-refractivity contribution in [3.63, 3.8) is 0 Å². The molecule has 1 unspecified atom stereocenters. The van der Waals surface area contributed by atoms with E-state index in [0.717, 1.165) is 42.9 Å². The molecule has 0 radical (unpaired) electrons. The predicted molar refractivity (Wildman–Crippen MR) is 68.7 cm³/mol. The second kappa shape index (κ2) is 4.77. The van der Waals surface area contributed by atoms with E-state index in [0.29, 0.717) is 12.0 Å². The van der Waals surface area contributed by atoms with Crippen LogP contribution in [0.25, 0.3) is 11.0 Å². The van der Waals surface area contributed by atoms with E-state index in [4.69, 9.17) is 4.74 Å². The van der Waals surface area contributed by atoms with Gasteiger partial charge in [0.25, 0.3) is 0 Å². The van der Waals surface area contributed by atoms with Gasteiger partial charge in [-0.3, -0.25) is 5.10 Å². The Morgan fingerprint density at radius 3 is 3.17 bits per heavy atom. The van der Waals surface area contributed by atoms with Gasteiger partial charge in [0.15, 0.2) is 5.65 Å². The zero-order valence-corrected chi connectivity index (χ0v) is 10.2. The predicted octanol–water partition coefficient (Wildman–Crippen LogP) is 0.985. The second-order valence-electron chi connectivity index (χ2n) is 4.34. The number of hydrogen-bond donors (Lipinski definition) is 3. The van der Waals surface area contributed by atoms with Gasteiger partial charge in [0, 0.05) is 13.7 Å². The van der Waals surface area contributed by atoms with E-state index in [2.05, 4.69) is 30.8 Å². The van der Waals surface area contributed by atoms with Crippen LogP contribution in [0, 0.1) is 0 Å². The Hall–Kier alpha value is -1.89. The fourth-order valence-electron chi connectivity index (χ4n) is 2.10. The van der Waals surface area contributed by atoms with Crippen LogP contribution in [-0.4, -0.2) is 46.5 Å². The third-order valence-corrected chi connectivity index (χ3v) is 3.03. The summed E-state index contributed by atoms with van der Waals surface area (Å²) in [6.45, 7) is 1.57. The molecule has 2 aromatic rings. The minimum Gasteiger partial charge on any atom is -0.379 e. The summed E-state index contributed by atoms with van der Waals surface area (Å²) in [5.74, 6) is 1.37. The topological polar surface area (TPSA) is 87.8 Å².